The van der Waals surface area contributed by atoms with E-state index in [0.717, 1.165) is 45.3 Å². The first-order valence-electron chi connectivity index (χ1n) is 10.9. The van der Waals surface area contributed by atoms with Crippen molar-refractivity contribution < 1.29 is 14.3 Å². The standard InChI is InChI=1S/C24H25Br2ClN2O3/c1-2-32-21(31)12-20(30)29-7-5-14(6-8-29)23-22-15(10-18(27)11-19(22)26)3-4-16-9-17(25)13-28-24(16)23/h9-11,13-14,23H,2-8,12H2,1H3/t23-/m1/s1. The summed E-state index contributed by atoms with van der Waals surface area (Å²) < 4.78 is 6.93. The van der Waals surface area contributed by atoms with Crippen molar-refractivity contribution in [1.82, 2.24) is 9.88 Å². The molecular weight excluding hydrogens is 560 g/mol. The number of fused-ring (bicyclic) bond motifs is 2. The Morgan fingerprint density at radius 3 is 2.59 bits per heavy atom. The number of esters is 1. The van der Waals surface area contributed by atoms with Crippen LogP contribution in [0.15, 0.2) is 33.3 Å². The van der Waals surface area contributed by atoms with Crippen LogP contribution >= 0.6 is 43.5 Å². The number of pyridine rings is 1. The highest BCUT2D eigenvalue weighted by Crippen LogP contribution is 2.46. The number of carbonyl (C=O) groups is 2. The summed E-state index contributed by atoms with van der Waals surface area (Å²) in [5.41, 5.74) is 4.89. The fourth-order valence-corrected chi connectivity index (χ4v) is 6.46. The van der Waals surface area contributed by atoms with E-state index in [-0.39, 0.29) is 24.9 Å². The lowest BCUT2D eigenvalue weighted by Crippen LogP contribution is -2.41. The van der Waals surface area contributed by atoms with Gasteiger partial charge in [0.25, 0.3) is 0 Å². The first kappa shape index (κ1) is 23.7. The number of aryl methyl sites for hydroxylation is 2. The molecule has 0 spiro atoms. The highest BCUT2D eigenvalue weighted by Gasteiger charge is 2.36. The molecule has 4 rings (SSSR count). The zero-order valence-electron chi connectivity index (χ0n) is 17.9. The zero-order valence-corrected chi connectivity index (χ0v) is 21.8. The number of hydrogen-bond donors (Lipinski definition) is 0. The van der Waals surface area contributed by atoms with E-state index in [2.05, 4.69) is 44.0 Å². The van der Waals surface area contributed by atoms with Gasteiger partial charge in [0.1, 0.15) is 6.42 Å². The van der Waals surface area contributed by atoms with Crippen molar-refractivity contribution in [2.75, 3.05) is 19.7 Å². The Labute approximate surface area is 210 Å². The molecule has 1 atom stereocenters. The molecule has 1 aliphatic carbocycles. The molecular formula is C24H25Br2ClN2O3. The van der Waals surface area contributed by atoms with Gasteiger partial charge in [0.2, 0.25) is 5.91 Å². The fraction of sp³-hybridized carbons (Fsp3) is 0.458. The lowest BCUT2D eigenvalue weighted by molar-refractivity contribution is -0.149. The number of piperidine rings is 1. The van der Waals surface area contributed by atoms with Gasteiger partial charge in [-0.25, -0.2) is 0 Å². The van der Waals surface area contributed by atoms with Gasteiger partial charge in [-0.1, -0.05) is 27.5 Å². The molecule has 170 valence electrons. The maximum absolute atomic E-state index is 12.5. The molecule has 5 nitrogen and oxygen atoms in total. The van der Waals surface area contributed by atoms with Crippen LogP contribution in [-0.2, 0) is 27.2 Å². The molecule has 1 aromatic carbocycles. The third kappa shape index (κ3) is 5.05. The summed E-state index contributed by atoms with van der Waals surface area (Å²) in [6.07, 6.45) is 5.21. The number of ether oxygens (including phenoxy) is 1. The quantitative estimate of drug-likeness (QED) is 0.343. The van der Waals surface area contributed by atoms with Gasteiger partial charge in [0.05, 0.1) is 12.3 Å². The maximum atomic E-state index is 12.5. The van der Waals surface area contributed by atoms with Crippen LogP contribution in [0, 0.1) is 5.92 Å². The Hall–Kier alpha value is -1.44. The number of hydrogen-bond acceptors (Lipinski definition) is 4. The number of nitrogens with zero attached hydrogens (tertiary/aromatic N) is 2. The highest BCUT2D eigenvalue weighted by molar-refractivity contribution is 9.10. The number of benzene rings is 1. The minimum atomic E-state index is -0.457. The Kier molecular flexibility index (Phi) is 7.58. The van der Waals surface area contributed by atoms with Crippen molar-refractivity contribution in [3.63, 3.8) is 0 Å². The van der Waals surface area contributed by atoms with Crippen LogP contribution < -0.4 is 0 Å². The van der Waals surface area contributed by atoms with Crippen molar-refractivity contribution in [3.8, 4) is 0 Å². The highest BCUT2D eigenvalue weighted by atomic mass is 79.9. The van der Waals surface area contributed by atoms with Gasteiger partial charge in [-0.3, -0.25) is 14.6 Å². The van der Waals surface area contributed by atoms with Gasteiger partial charge < -0.3 is 9.64 Å². The van der Waals surface area contributed by atoms with Gasteiger partial charge in [-0.2, -0.15) is 0 Å². The van der Waals surface area contributed by atoms with Crippen LogP contribution in [-0.4, -0.2) is 41.5 Å². The van der Waals surface area contributed by atoms with Crippen molar-refractivity contribution in [1.29, 1.82) is 0 Å². The van der Waals surface area contributed by atoms with E-state index in [9.17, 15) is 9.59 Å². The Morgan fingerprint density at radius 1 is 1.16 bits per heavy atom. The molecule has 0 N–H and O–H groups in total. The van der Waals surface area contributed by atoms with E-state index >= 15 is 0 Å². The lowest BCUT2D eigenvalue weighted by atomic mass is 9.76. The Bertz CT molecular complexity index is 1040. The van der Waals surface area contributed by atoms with Gasteiger partial charge in [0, 0.05) is 39.2 Å². The Balaban J connectivity index is 1.61. The number of rotatable bonds is 4. The van der Waals surface area contributed by atoms with Crippen LogP contribution in [0.25, 0.3) is 0 Å². The third-order valence-electron chi connectivity index (χ3n) is 6.38. The molecule has 32 heavy (non-hydrogen) atoms. The Morgan fingerprint density at radius 2 is 1.88 bits per heavy atom. The van der Waals surface area contributed by atoms with Crippen LogP contribution in [0.3, 0.4) is 0 Å². The van der Waals surface area contributed by atoms with Crippen molar-refractivity contribution in [2.24, 2.45) is 5.92 Å². The molecule has 0 radical (unpaired) electrons. The first-order valence-corrected chi connectivity index (χ1v) is 12.9. The monoisotopic (exact) mass is 582 g/mol. The van der Waals surface area contributed by atoms with E-state index in [1.54, 1.807) is 11.8 Å². The summed E-state index contributed by atoms with van der Waals surface area (Å²) in [5.74, 6) is -0.145. The molecule has 0 unspecified atom stereocenters. The summed E-state index contributed by atoms with van der Waals surface area (Å²) in [4.78, 5) is 30.9. The van der Waals surface area contributed by atoms with Crippen molar-refractivity contribution in [2.45, 2.75) is 44.9 Å². The largest absolute Gasteiger partial charge is 0.466 e. The zero-order chi connectivity index (χ0) is 22.8. The van der Waals surface area contributed by atoms with Gasteiger partial charge in [-0.05, 0) is 89.3 Å². The summed E-state index contributed by atoms with van der Waals surface area (Å²) in [6.45, 7) is 3.29. The van der Waals surface area contributed by atoms with Crippen LogP contribution in [0.2, 0.25) is 5.02 Å². The molecule has 2 heterocycles. The molecule has 1 aliphatic heterocycles. The second kappa shape index (κ2) is 10.2. The number of carbonyl (C=O) groups excluding carboxylic acids is 2. The molecule has 1 saturated heterocycles. The number of halogens is 3. The summed E-state index contributed by atoms with van der Waals surface area (Å²) >= 11 is 13.7. The van der Waals surface area contributed by atoms with Crippen molar-refractivity contribution >= 4 is 55.3 Å². The van der Waals surface area contributed by atoms with Crippen LogP contribution in [0.1, 0.15) is 54.5 Å². The molecule has 8 heteroatoms. The summed E-state index contributed by atoms with van der Waals surface area (Å²) in [6, 6.07) is 6.22. The fourth-order valence-electron chi connectivity index (χ4n) is 4.96. The summed E-state index contributed by atoms with van der Waals surface area (Å²) in [5, 5.41) is 0.730. The second-order valence-corrected chi connectivity index (χ2v) is 10.5. The van der Waals surface area contributed by atoms with E-state index in [1.165, 1.54) is 16.7 Å². The van der Waals surface area contributed by atoms with E-state index < -0.39 is 5.97 Å². The number of aromatic nitrogens is 1. The van der Waals surface area contributed by atoms with E-state index in [4.69, 9.17) is 21.3 Å². The summed E-state index contributed by atoms with van der Waals surface area (Å²) in [7, 11) is 0. The van der Waals surface area contributed by atoms with Crippen molar-refractivity contribution in [3.05, 3.63) is 60.7 Å². The van der Waals surface area contributed by atoms with E-state index in [0.29, 0.717) is 19.0 Å². The molecule has 1 amide bonds. The first-order chi connectivity index (χ1) is 15.4. The molecule has 0 bridgehead atoms. The average Bonchev–Trinajstić information content (AvgIpc) is 2.91. The normalized spacial score (nSPS) is 18.5. The minimum Gasteiger partial charge on any atom is -0.466 e. The van der Waals surface area contributed by atoms with Gasteiger partial charge >= 0.3 is 5.97 Å². The van der Waals surface area contributed by atoms with Crippen LogP contribution in [0.5, 0.6) is 0 Å². The van der Waals surface area contributed by atoms with E-state index in [1.807, 2.05) is 12.3 Å². The third-order valence-corrected chi connectivity index (χ3v) is 7.69. The second-order valence-electron chi connectivity index (χ2n) is 8.34. The topological polar surface area (TPSA) is 59.5 Å². The number of amides is 1. The molecule has 1 fully saturated rings. The molecule has 2 aromatic rings. The van der Waals surface area contributed by atoms with Crippen LogP contribution in [0.4, 0.5) is 0 Å². The average molecular weight is 585 g/mol. The van der Waals surface area contributed by atoms with Gasteiger partial charge in [0.15, 0.2) is 0 Å². The minimum absolute atomic E-state index is 0.129. The smallest absolute Gasteiger partial charge is 0.315 e. The predicted molar refractivity (Wildman–Crippen MR) is 131 cm³/mol. The lowest BCUT2D eigenvalue weighted by Gasteiger charge is -2.37. The SMILES string of the molecule is CCOC(=O)CC(=O)N1CCC([C@H]2c3ncc(Br)cc3CCc3cc(Cl)cc(Br)c32)CC1. The predicted octanol–water partition coefficient (Wildman–Crippen LogP) is 5.68. The van der Waals surface area contributed by atoms with Gasteiger partial charge in [-0.15, -0.1) is 0 Å². The number of likely N-dealkylation sites (tertiary alicyclic amines) is 1. The molecule has 1 aromatic heterocycles. The molecule has 0 saturated carbocycles. The molecule has 2 aliphatic rings. The maximum Gasteiger partial charge on any atom is 0.315 e.